The van der Waals surface area contributed by atoms with Crippen LogP contribution in [0.25, 0.3) is 0 Å². The van der Waals surface area contributed by atoms with E-state index in [1.165, 1.54) is 14.1 Å². The zero-order chi connectivity index (χ0) is 17.4. The first kappa shape index (κ1) is 17.6. The predicted octanol–water partition coefficient (Wildman–Crippen LogP) is 4.02. The van der Waals surface area contributed by atoms with Gasteiger partial charge >= 0.3 is 6.18 Å². The van der Waals surface area contributed by atoms with E-state index in [1.54, 1.807) is 18.2 Å². The maximum atomic E-state index is 12.9. The summed E-state index contributed by atoms with van der Waals surface area (Å²) in [6.45, 7) is 0.0852. The van der Waals surface area contributed by atoms with Gasteiger partial charge < -0.3 is 4.90 Å². The first-order chi connectivity index (χ1) is 10.6. The molecule has 0 atom stereocenters. The summed E-state index contributed by atoms with van der Waals surface area (Å²) >= 11 is 11.7. The molecule has 2 rings (SSSR count). The molecule has 4 nitrogen and oxygen atoms in total. The fourth-order valence-electron chi connectivity index (χ4n) is 2.04. The second-order valence-corrected chi connectivity index (χ2v) is 5.79. The van der Waals surface area contributed by atoms with E-state index in [4.69, 9.17) is 23.2 Å². The van der Waals surface area contributed by atoms with Gasteiger partial charge in [-0.2, -0.15) is 18.3 Å². The highest BCUT2D eigenvalue weighted by atomic mass is 35.5. The van der Waals surface area contributed by atoms with Gasteiger partial charge in [0.15, 0.2) is 5.69 Å². The van der Waals surface area contributed by atoms with E-state index < -0.39 is 23.3 Å². The zero-order valence-electron chi connectivity index (χ0n) is 12.2. The Balaban J connectivity index is 2.25. The van der Waals surface area contributed by atoms with E-state index in [-0.39, 0.29) is 6.54 Å². The molecule has 9 heteroatoms. The number of hydrogen-bond donors (Lipinski definition) is 0. The number of alkyl halides is 3. The van der Waals surface area contributed by atoms with Gasteiger partial charge in [0.2, 0.25) is 0 Å². The lowest BCUT2D eigenvalue weighted by atomic mass is 10.2. The second kappa shape index (κ2) is 6.41. The summed E-state index contributed by atoms with van der Waals surface area (Å²) < 4.78 is 39.8. The Morgan fingerprint density at radius 1 is 1.30 bits per heavy atom. The van der Waals surface area contributed by atoms with Crippen molar-refractivity contribution in [3.8, 4) is 0 Å². The molecule has 0 saturated carbocycles. The fraction of sp³-hybridized carbons (Fsp3) is 0.286. The predicted molar refractivity (Wildman–Crippen MR) is 80.5 cm³/mol. The molecule has 0 saturated heterocycles. The number of aryl methyl sites for hydroxylation is 1. The van der Waals surface area contributed by atoms with Crippen molar-refractivity contribution in [2.24, 2.45) is 7.05 Å². The van der Waals surface area contributed by atoms with Gasteiger partial charge in [-0.1, -0.05) is 29.3 Å². The number of amides is 1. The minimum atomic E-state index is -4.70. The molecule has 0 aliphatic heterocycles. The van der Waals surface area contributed by atoms with Crippen LogP contribution in [0.1, 0.15) is 21.6 Å². The lowest BCUT2D eigenvalue weighted by Gasteiger charge is -2.18. The van der Waals surface area contributed by atoms with Gasteiger partial charge in [0.25, 0.3) is 5.91 Å². The van der Waals surface area contributed by atoms with Crippen molar-refractivity contribution in [1.82, 2.24) is 14.7 Å². The number of benzene rings is 1. The topological polar surface area (TPSA) is 38.1 Å². The SMILES string of the molecule is CN(Cc1ccc(Cl)c(Cl)c1)C(=O)c1cn(C)nc1C(F)(F)F. The molecule has 0 spiro atoms. The Morgan fingerprint density at radius 2 is 1.96 bits per heavy atom. The molecule has 0 bridgehead atoms. The largest absolute Gasteiger partial charge is 0.435 e. The number of carbonyl (C=O) groups is 1. The number of nitrogens with zero attached hydrogens (tertiary/aromatic N) is 3. The smallest absolute Gasteiger partial charge is 0.337 e. The van der Waals surface area contributed by atoms with Gasteiger partial charge in [-0.15, -0.1) is 0 Å². The molecule has 0 aliphatic carbocycles. The third kappa shape index (κ3) is 3.97. The monoisotopic (exact) mass is 365 g/mol. The first-order valence-corrected chi connectivity index (χ1v) is 7.15. The van der Waals surface area contributed by atoms with Crippen molar-refractivity contribution in [1.29, 1.82) is 0 Å². The van der Waals surface area contributed by atoms with Gasteiger partial charge in [-0.3, -0.25) is 9.48 Å². The van der Waals surface area contributed by atoms with Crippen LogP contribution in [0, 0.1) is 0 Å². The van der Waals surface area contributed by atoms with E-state index in [9.17, 15) is 18.0 Å². The van der Waals surface area contributed by atoms with E-state index in [0.29, 0.717) is 15.6 Å². The number of hydrogen-bond acceptors (Lipinski definition) is 2. The van der Waals surface area contributed by atoms with Crippen LogP contribution in [-0.4, -0.2) is 27.6 Å². The summed E-state index contributed by atoms with van der Waals surface area (Å²) in [5.74, 6) is -0.781. The van der Waals surface area contributed by atoms with Crippen LogP contribution in [0.15, 0.2) is 24.4 Å². The molecule has 23 heavy (non-hydrogen) atoms. The van der Waals surface area contributed by atoms with Crippen LogP contribution in [0.5, 0.6) is 0 Å². The molecule has 0 aliphatic rings. The number of carbonyl (C=O) groups excluding carboxylic acids is 1. The minimum Gasteiger partial charge on any atom is -0.337 e. The quantitative estimate of drug-likeness (QED) is 0.823. The van der Waals surface area contributed by atoms with Gasteiger partial charge in [-0.25, -0.2) is 0 Å². The Bertz CT molecular complexity index is 743. The number of rotatable bonds is 3. The summed E-state index contributed by atoms with van der Waals surface area (Å²) in [7, 11) is 2.73. The second-order valence-electron chi connectivity index (χ2n) is 4.97. The average molecular weight is 366 g/mol. The van der Waals surface area contributed by atoms with Gasteiger partial charge in [-0.05, 0) is 17.7 Å². The summed E-state index contributed by atoms with van der Waals surface area (Å²) in [5, 5.41) is 3.99. The summed E-state index contributed by atoms with van der Waals surface area (Å²) in [4.78, 5) is 13.5. The van der Waals surface area contributed by atoms with Crippen molar-refractivity contribution in [3.05, 3.63) is 51.3 Å². The molecule has 0 N–H and O–H groups in total. The third-order valence-corrected chi connectivity index (χ3v) is 3.82. The molecule has 1 amide bonds. The van der Waals surface area contributed by atoms with Gasteiger partial charge in [0, 0.05) is 26.8 Å². The van der Waals surface area contributed by atoms with Crippen molar-refractivity contribution in [2.45, 2.75) is 12.7 Å². The Labute approximate surface area is 140 Å². The molecule has 1 heterocycles. The normalized spacial score (nSPS) is 11.6. The average Bonchev–Trinajstić information content (AvgIpc) is 2.84. The lowest BCUT2D eigenvalue weighted by Crippen LogP contribution is -2.28. The van der Waals surface area contributed by atoms with Crippen LogP contribution >= 0.6 is 23.2 Å². The first-order valence-electron chi connectivity index (χ1n) is 6.40. The Hall–Kier alpha value is -1.73. The molecule has 1 aromatic carbocycles. The number of aromatic nitrogens is 2. The molecular formula is C14H12Cl2F3N3O. The minimum absolute atomic E-state index is 0.0852. The molecule has 1 aromatic heterocycles. The van der Waals surface area contributed by atoms with Crippen LogP contribution in [0.3, 0.4) is 0 Å². The van der Waals surface area contributed by atoms with Crippen molar-refractivity contribution < 1.29 is 18.0 Å². The highest BCUT2D eigenvalue weighted by molar-refractivity contribution is 6.42. The van der Waals surface area contributed by atoms with Crippen molar-refractivity contribution in [2.75, 3.05) is 7.05 Å². The maximum absolute atomic E-state index is 12.9. The van der Waals surface area contributed by atoms with E-state index in [1.807, 2.05) is 0 Å². The summed E-state index contributed by atoms with van der Waals surface area (Å²) in [5.41, 5.74) is -1.05. The number of halogens is 5. The van der Waals surface area contributed by atoms with Gasteiger partial charge in [0.1, 0.15) is 0 Å². The lowest BCUT2D eigenvalue weighted by molar-refractivity contribution is -0.141. The van der Waals surface area contributed by atoms with Crippen LogP contribution < -0.4 is 0 Å². The molecule has 0 radical (unpaired) electrons. The standard InChI is InChI=1S/C14H12Cl2F3N3O/c1-21(6-8-3-4-10(15)11(16)5-8)13(23)9-7-22(2)20-12(9)14(17,18)19/h3-5,7H,6H2,1-2H3. The molecule has 2 aromatic rings. The summed E-state index contributed by atoms with van der Waals surface area (Å²) in [6, 6.07) is 4.76. The van der Waals surface area contributed by atoms with Crippen molar-refractivity contribution in [3.63, 3.8) is 0 Å². The van der Waals surface area contributed by atoms with Gasteiger partial charge in [0.05, 0.1) is 15.6 Å². The summed E-state index contributed by atoms with van der Waals surface area (Å²) in [6.07, 6.45) is -3.65. The van der Waals surface area contributed by atoms with Crippen LogP contribution in [0.2, 0.25) is 10.0 Å². The van der Waals surface area contributed by atoms with Crippen LogP contribution in [-0.2, 0) is 19.8 Å². The molecule has 124 valence electrons. The van der Waals surface area contributed by atoms with E-state index in [0.717, 1.165) is 15.8 Å². The Kier molecular flexibility index (Phi) is 4.91. The highest BCUT2D eigenvalue weighted by Crippen LogP contribution is 2.31. The fourth-order valence-corrected chi connectivity index (χ4v) is 2.36. The highest BCUT2D eigenvalue weighted by Gasteiger charge is 2.39. The van der Waals surface area contributed by atoms with Crippen molar-refractivity contribution >= 4 is 29.1 Å². The van der Waals surface area contributed by atoms with Crippen LogP contribution in [0.4, 0.5) is 13.2 Å². The van der Waals surface area contributed by atoms with E-state index >= 15 is 0 Å². The molecular weight excluding hydrogens is 354 g/mol. The van der Waals surface area contributed by atoms with E-state index in [2.05, 4.69) is 5.10 Å². The zero-order valence-corrected chi connectivity index (χ0v) is 13.7. The molecule has 0 unspecified atom stereocenters. The molecule has 0 fully saturated rings. The Morgan fingerprint density at radius 3 is 2.52 bits per heavy atom. The maximum Gasteiger partial charge on any atom is 0.435 e. The third-order valence-electron chi connectivity index (χ3n) is 3.08.